The van der Waals surface area contributed by atoms with Crippen molar-refractivity contribution < 1.29 is 0 Å². The first kappa shape index (κ1) is 39.9. The summed E-state index contributed by atoms with van der Waals surface area (Å²) in [6.45, 7) is 21.0. The van der Waals surface area contributed by atoms with Gasteiger partial charge in [0.15, 0.2) is 0 Å². The zero-order valence-corrected chi connectivity index (χ0v) is 35.7. The predicted octanol–water partition coefficient (Wildman–Crippen LogP) is 13.9. The standard InChI is InChI=1S/C52H60P2/c1-36(2)41-20-28-47(29-21-41)53(48-30-22-42(23-31-48)37(3)4)51(45-16-12-10-13-17-45)40(9)52(46-18-14-11-15-19-46)54(49-32-24-43(25-33-49)38(5)6)50-34-26-44(27-35-50)39(7)8/h10-40,51-52H,1-9H3. The van der Waals surface area contributed by atoms with Gasteiger partial charge < -0.3 is 0 Å². The maximum Gasteiger partial charge on any atom is 0.0157 e. The highest BCUT2D eigenvalue weighted by atomic mass is 31.1. The first-order valence-electron chi connectivity index (χ1n) is 20.1. The third-order valence-corrected chi connectivity index (χ3v) is 17.3. The van der Waals surface area contributed by atoms with Crippen LogP contribution in [0, 0.1) is 5.92 Å². The lowest BCUT2D eigenvalue weighted by molar-refractivity contribution is 0.546. The van der Waals surface area contributed by atoms with Crippen molar-refractivity contribution in [2.45, 2.75) is 97.3 Å². The van der Waals surface area contributed by atoms with Crippen molar-refractivity contribution in [1.29, 1.82) is 0 Å². The van der Waals surface area contributed by atoms with Gasteiger partial charge in [0.2, 0.25) is 0 Å². The van der Waals surface area contributed by atoms with E-state index >= 15 is 0 Å². The van der Waals surface area contributed by atoms with Crippen LogP contribution < -0.4 is 21.2 Å². The van der Waals surface area contributed by atoms with E-state index < -0.39 is 15.8 Å². The largest absolute Gasteiger partial charge is 0.0622 e. The molecule has 0 aromatic heterocycles. The van der Waals surface area contributed by atoms with Crippen molar-refractivity contribution in [3.63, 3.8) is 0 Å². The van der Waals surface area contributed by atoms with Crippen molar-refractivity contribution in [2.24, 2.45) is 5.92 Å². The molecule has 0 aliphatic carbocycles. The maximum atomic E-state index is 2.58. The molecular weight excluding hydrogens is 687 g/mol. The summed E-state index contributed by atoms with van der Waals surface area (Å²) < 4.78 is 0. The molecule has 0 amide bonds. The van der Waals surface area contributed by atoms with E-state index in [2.05, 4.69) is 220 Å². The Balaban J connectivity index is 1.61. The highest BCUT2D eigenvalue weighted by molar-refractivity contribution is 7.74. The summed E-state index contributed by atoms with van der Waals surface area (Å²) in [7, 11) is -1.59. The van der Waals surface area contributed by atoms with Gasteiger partial charge in [0.1, 0.15) is 0 Å². The minimum absolute atomic E-state index is 0.274. The molecular formula is C52H60P2. The molecule has 54 heavy (non-hydrogen) atoms. The summed E-state index contributed by atoms with van der Waals surface area (Å²) >= 11 is 0. The van der Waals surface area contributed by atoms with E-state index in [0.717, 1.165) is 0 Å². The average molecular weight is 747 g/mol. The lowest BCUT2D eigenvalue weighted by Gasteiger charge is -2.41. The minimum Gasteiger partial charge on any atom is -0.0622 e. The second-order valence-corrected chi connectivity index (χ2v) is 21.0. The molecule has 0 bridgehead atoms. The molecule has 0 spiro atoms. The molecule has 6 rings (SSSR count). The first-order chi connectivity index (χ1) is 26.0. The molecule has 0 fully saturated rings. The quantitative estimate of drug-likeness (QED) is 0.0974. The molecule has 6 aromatic rings. The van der Waals surface area contributed by atoms with E-state index in [0.29, 0.717) is 29.6 Å². The lowest BCUT2D eigenvalue weighted by atomic mass is 9.93. The van der Waals surface area contributed by atoms with Crippen LogP contribution in [0.1, 0.15) is 131 Å². The summed E-state index contributed by atoms with van der Waals surface area (Å²) in [5.41, 5.74) is 8.99. The van der Waals surface area contributed by atoms with Gasteiger partial charge >= 0.3 is 0 Å². The Morgan fingerprint density at radius 3 is 0.685 bits per heavy atom. The van der Waals surface area contributed by atoms with Crippen LogP contribution >= 0.6 is 15.8 Å². The topological polar surface area (TPSA) is 0 Å². The van der Waals surface area contributed by atoms with E-state index in [1.54, 1.807) is 0 Å². The van der Waals surface area contributed by atoms with Gasteiger partial charge in [-0.2, -0.15) is 0 Å². The van der Waals surface area contributed by atoms with Gasteiger partial charge in [-0.05, 0) is 100 Å². The molecule has 0 aliphatic rings. The van der Waals surface area contributed by atoms with Crippen LogP contribution in [-0.2, 0) is 0 Å². The molecule has 0 aliphatic heterocycles. The van der Waals surface area contributed by atoms with Crippen LogP contribution in [0.15, 0.2) is 158 Å². The Morgan fingerprint density at radius 2 is 0.481 bits per heavy atom. The monoisotopic (exact) mass is 746 g/mol. The van der Waals surface area contributed by atoms with E-state index in [1.807, 2.05) is 0 Å². The molecule has 6 aromatic carbocycles. The van der Waals surface area contributed by atoms with Crippen LogP contribution in [0.2, 0.25) is 0 Å². The van der Waals surface area contributed by atoms with Gasteiger partial charge in [-0.1, -0.05) is 220 Å². The molecule has 2 unspecified atom stereocenters. The number of hydrogen-bond donors (Lipinski definition) is 0. The van der Waals surface area contributed by atoms with Gasteiger partial charge in [-0.3, -0.25) is 0 Å². The summed E-state index contributed by atoms with van der Waals surface area (Å²) in [6.07, 6.45) is 0. The van der Waals surface area contributed by atoms with Gasteiger partial charge in [-0.15, -0.1) is 0 Å². The van der Waals surface area contributed by atoms with Gasteiger partial charge in [0, 0.05) is 11.3 Å². The number of hydrogen-bond acceptors (Lipinski definition) is 0. The normalized spacial score (nSPS) is 13.7. The van der Waals surface area contributed by atoms with Crippen molar-refractivity contribution >= 4 is 37.1 Å². The number of benzene rings is 6. The summed E-state index contributed by atoms with van der Waals surface area (Å²) in [6, 6.07) is 61.7. The highest BCUT2D eigenvalue weighted by Crippen LogP contribution is 2.63. The fourth-order valence-electron chi connectivity index (χ4n) is 7.87. The van der Waals surface area contributed by atoms with E-state index in [4.69, 9.17) is 0 Å². The highest BCUT2D eigenvalue weighted by Gasteiger charge is 2.40. The Hall–Kier alpha value is -3.82. The summed E-state index contributed by atoms with van der Waals surface area (Å²) in [4.78, 5) is 0. The summed E-state index contributed by atoms with van der Waals surface area (Å²) in [5, 5.41) is 5.80. The fraction of sp³-hybridized carbons (Fsp3) is 0.308. The minimum atomic E-state index is -0.796. The second kappa shape index (κ2) is 18.2. The molecule has 278 valence electrons. The predicted molar refractivity (Wildman–Crippen MR) is 242 cm³/mol. The third kappa shape index (κ3) is 9.16. The van der Waals surface area contributed by atoms with Crippen LogP contribution in [0.25, 0.3) is 0 Å². The first-order valence-corrected chi connectivity index (χ1v) is 22.9. The van der Waals surface area contributed by atoms with Crippen molar-refractivity contribution in [2.75, 3.05) is 0 Å². The van der Waals surface area contributed by atoms with Gasteiger partial charge in [0.25, 0.3) is 0 Å². The zero-order valence-electron chi connectivity index (χ0n) is 33.9. The Kier molecular flexibility index (Phi) is 13.4. The maximum absolute atomic E-state index is 2.58. The van der Waals surface area contributed by atoms with Gasteiger partial charge in [-0.25, -0.2) is 0 Å². The van der Waals surface area contributed by atoms with E-state index in [-0.39, 0.29) is 11.3 Å². The Morgan fingerprint density at radius 1 is 0.259 bits per heavy atom. The Labute approximate surface area is 330 Å². The molecule has 0 saturated carbocycles. The van der Waals surface area contributed by atoms with E-state index in [9.17, 15) is 0 Å². The van der Waals surface area contributed by atoms with Crippen LogP contribution in [0.5, 0.6) is 0 Å². The Bertz CT molecular complexity index is 1750. The second-order valence-electron chi connectivity index (χ2n) is 16.3. The van der Waals surface area contributed by atoms with Crippen molar-refractivity contribution in [1.82, 2.24) is 0 Å². The van der Waals surface area contributed by atoms with Crippen LogP contribution in [-0.4, -0.2) is 0 Å². The molecule has 0 radical (unpaired) electrons. The SMILES string of the molecule is CC(C)c1ccc(P(c2ccc(C(C)C)cc2)C(c2ccccc2)C(C)C(c2ccccc2)P(c2ccc(C(C)C)cc2)c2ccc(C(C)C)cc2)cc1. The average Bonchev–Trinajstić information content (AvgIpc) is 3.19. The van der Waals surface area contributed by atoms with Crippen LogP contribution in [0.4, 0.5) is 0 Å². The molecule has 2 heteroatoms. The number of rotatable bonds is 14. The molecule has 0 heterocycles. The lowest BCUT2D eigenvalue weighted by Crippen LogP contribution is -2.28. The molecule has 2 atom stereocenters. The van der Waals surface area contributed by atoms with E-state index in [1.165, 1.54) is 54.6 Å². The van der Waals surface area contributed by atoms with Gasteiger partial charge in [0.05, 0.1) is 0 Å². The zero-order chi connectivity index (χ0) is 38.4. The third-order valence-electron chi connectivity index (χ3n) is 11.2. The smallest absolute Gasteiger partial charge is 0.0157 e. The van der Waals surface area contributed by atoms with Crippen molar-refractivity contribution in [3.8, 4) is 0 Å². The fourth-order valence-corrected chi connectivity index (χ4v) is 14.0. The molecule has 0 nitrogen and oxygen atoms in total. The summed E-state index contributed by atoms with van der Waals surface area (Å²) in [5.74, 6) is 2.28. The molecule has 0 N–H and O–H groups in total. The van der Waals surface area contributed by atoms with Crippen molar-refractivity contribution in [3.05, 3.63) is 191 Å². The van der Waals surface area contributed by atoms with Crippen LogP contribution in [0.3, 0.4) is 0 Å². The molecule has 0 saturated heterocycles.